The van der Waals surface area contributed by atoms with Gasteiger partial charge in [-0.15, -0.1) is 0 Å². The summed E-state index contributed by atoms with van der Waals surface area (Å²) < 4.78 is 0. The third kappa shape index (κ3) is 2.93. The molecule has 3 aliphatic rings. The summed E-state index contributed by atoms with van der Waals surface area (Å²) in [6.45, 7) is 2.33. The topological polar surface area (TPSA) is 56.7 Å². The van der Waals surface area contributed by atoms with E-state index in [0.29, 0.717) is 24.8 Å². The highest BCUT2D eigenvalue weighted by Gasteiger charge is 2.66. The van der Waals surface area contributed by atoms with E-state index in [4.69, 9.17) is 0 Å². The Bertz CT molecular complexity index is 831. The number of benzene rings is 1. The van der Waals surface area contributed by atoms with E-state index >= 15 is 0 Å². The van der Waals surface area contributed by atoms with Gasteiger partial charge >= 0.3 is 0 Å². The van der Waals surface area contributed by atoms with Crippen LogP contribution >= 0.6 is 0 Å². The Hall–Kier alpha value is -2.24. The second-order valence-electron chi connectivity index (χ2n) is 8.59. The summed E-state index contributed by atoms with van der Waals surface area (Å²) in [4.78, 5) is 21.5. The molecule has 1 aromatic carbocycles. The summed E-state index contributed by atoms with van der Waals surface area (Å²) in [6, 6.07) is 16.5. The minimum absolute atomic E-state index is 0.0603. The average Bonchev–Trinajstić information content (AvgIpc) is 3.49. The maximum absolute atomic E-state index is 12.6. The molecular weight excluding hydrogens is 350 g/mol. The van der Waals surface area contributed by atoms with Crippen molar-refractivity contribution < 1.29 is 9.90 Å². The monoisotopic (exact) mass is 377 g/mol. The van der Waals surface area contributed by atoms with Crippen molar-refractivity contribution in [3.05, 3.63) is 66.0 Å². The average molecular weight is 377 g/mol. The normalized spacial score (nSPS) is 26.0. The van der Waals surface area contributed by atoms with Crippen molar-refractivity contribution in [3.63, 3.8) is 0 Å². The molecule has 0 radical (unpaired) electrons. The molecular formula is C23H27N3O2. The number of likely N-dealkylation sites (tertiary alicyclic amines) is 2. The number of carbonyl (C=O) groups excluding carboxylic acids is 1. The van der Waals surface area contributed by atoms with Gasteiger partial charge in [-0.25, -0.2) is 0 Å². The number of rotatable bonds is 6. The molecule has 28 heavy (non-hydrogen) atoms. The maximum Gasteiger partial charge on any atom is 0.222 e. The molecule has 5 nitrogen and oxygen atoms in total. The molecule has 2 aliphatic heterocycles. The molecule has 0 bridgehead atoms. The number of amides is 1. The van der Waals surface area contributed by atoms with Gasteiger partial charge in [-0.2, -0.15) is 0 Å². The first-order valence-electron chi connectivity index (χ1n) is 10.3. The van der Waals surface area contributed by atoms with Crippen LogP contribution in [0.2, 0.25) is 0 Å². The van der Waals surface area contributed by atoms with Crippen molar-refractivity contribution in [1.29, 1.82) is 0 Å². The van der Waals surface area contributed by atoms with Gasteiger partial charge in [-0.1, -0.05) is 36.4 Å². The van der Waals surface area contributed by atoms with Crippen LogP contribution in [0.25, 0.3) is 0 Å². The van der Waals surface area contributed by atoms with Crippen LogP contribution in [0.5, 0.6) is 0 Å². The zero-order valence-corrected chi connectivity index (χ0v) is 16.1. The standard InChI is InChI=1S/C23H27N3O2/c27-14-20-22(18-6-2-1-3-7-18)23(26(20)13-19-8-4-5-11-24-19)15-25(16-23)21(28)12-17-9-10-17/h1-8,11,17,20,22,27H,9-10,12-16H2/t20-,22+/m0/s1. The molecule has 2 saturated heterocycles. The number of pyridine rings is 1. The fourth-order valence-corrected chi connectivity index (χ4v) is 5.17. The van der Waals surface area contributed by atoms with Crippen molar-refractivity contribution >= 4 is 5.91 Å². The molecule has 5 heteroatoms. The van der Waals surface area contributed by atoms with Gasteiger partial charge in [0.15, 0.2) is 0 Å². The van der Waals surface area contributed by atoms with Gasteiger partial charge in [0.1, 0.15) is 0 Å². The third-order valence-corrected chi connectivity index (χ3v) is 6.78. The Labute approximate surface area is 166 Å². The largest absolute Gasteiger partial charge is 0.395 e. The molecule has 1 spiro atoms. The van der Waals surface area contributed by atoms with Gasteiger partial charge in [0.2, 0.25) is 5.91 Å². The van der Waals surface area contributed by atoms with Crippen LogP contribution in [0.15, 0.2) is 54.7 Å². The van der Waals surface area contributed by atoms with E-state index in [9.17, 15) is 9.90 Å². The zero-order chi connectivity index (χ0) is 19.1. The SMILES string of the molecule is O=C(CC1CC1)N1CC2(C1)[C@H](c1ccccc1)[C@H](CO)N2Cc1ccccn1. The Morgan fingerprint density at radius 3 is 2.50 bits per heavy atom. The van der Waals surface area contributed by atoms with E-state index in [0.717, 1.165) is 18.8 Å². The number of carbonyl (C=O) groups is 1. The number of nitrogens with zero attached hydrogens (tertiary/aromatic N) is 3. The van der Waals surface area contributed by atoms with Gasteiger partial charge in [0.05, 0.1) is 17.8 Å². The van der Waals surface area contributed by atoms with Gasteiger partial charge in [0, 0.05) is 44.2 Å². The molecule has 1 N–H and O–H groups in total. The molecule has 1 saturated carbocycles. The van der Waals surface area contributed by atoms with Gasteiger partial charge < -0.3 is 10.0 Å². The molecule has 0 unspecified atom stereocenters. The highest BCUT2D eigenvalue weighted by molar-refractivity contribution is 5.78. The first-order valence-corrected chi connectivity index (χ1v) is 10.3. The van der Waals surface area contributed by atoms with Crippen molar-refractivity contribution in [3.8, 4) is 0 Å². The number of aliphatic hydroxyl groups is 1. The first-order chi connectivity index (χ1) is 13.7. The first kappa shape index (κ1) is 17.8. The number of aromatic nitrogens is 1. The van der Waals surface area contributed by atoms with E-state index in [1.807, 2.05) is 35.4 Å². The summed E-state index contributed by atoms with van der Waals surface area (Å²) >= 11 is 0. The number of aliphatic hydroxyl groups excluding tert-OH is 1. The van der Waals surface area contributed by atoms with Gasteiger partial charge in [-0.3, -0.25) is 14.7 Å². The van der Waals surface area contributed by atoms with Gasteiger partial charge in [0.25, 0.3) is 0 Å². The Kier molecular flexibility index (Phi) is 4.44. The summed E-state index contributed by atoms with van der Waals surface area (Å²) in [7, 11) is 0. The molecule has 3 heterocycles. The van der Waals surface area contributed by atoms with Crippen LogP contribution in [-0.4, -0.2) is 57.1 Å². The summed E-state index contributed by atoms with van der Waals surface area (Å²) in [5, 5.41) is 10.2. The van der Waals surface area contributed by atoms with Gasteiger partial charge in [-0.05, 0) is 36.5 Å². The highest BCUT2D eigenvalue weighted by atomic mass is 16.3. The minimum Gasteiger partial charge on any atom is -0.395 e. The molecule has 146 valence electrons. The lowest BCUT2D eigenvalue weighted by Crippen LogP contribution is -2.84. The Morgan fingerprint density at radius 1 is 1.11 bits per heavy atom. The van der Waals surface area contributed by atoms with Crippen LogP contribution in [0.3, 0.4) is 0 Å². The Balaban J connectivity index is 1.40. The minimum atomic E-state index is -0.0918. The lowest BCUT2D eigenvalue weighted by atomic mass is 9.60. The Morgan fingerprint density at radius 2 is 1.86 bits per heavy atom. The predicted molar refractivity (Wildman–Crippen MR) is 106 cm³/mol. The van der Waals surface area contributed by atoms with Crippen LogP contribution in [-0.2, 0) is 11.3 Å². The van der Waals surface area contributed by atoms with Crippen molar-refractivity contribution in [1.82, 2.24) is 14.8 Å². The fraction of sp³-hybridized carbons (Fsp3) is 0.478. The summed E-state index contributed by atoms with van der Waals surface area (Å²) in [6.07, 6.45) is 4.93. The molecule has 1 aromatic heterocycles. The van der Waals surface area contributed by atoms with E-state index in [2.05, 4.69) is 34.1 Å². The van der Waals surface area contributed by atoms with Crippen molar-refractivity contribution in [2.75, 3.05) is 19.7 Å². The van der Waals surface area contributed by atoms with Crippen molar-refractivity contribution in [2.24, 2.45) is 5.92 Å². The number of hydrogen-bond donors (Lipinski definition) is 1. The van der Waals surface area contributed by atoms with E-state index < -0.39 is 0 Å². The quantitative estimate of drug-likeness (QED) is 0.840. The summed E-state index contributed by atoms with van der Waals surface area (Å²) in [5.74, 6) is 1.16. The predicted octanol–water partition coefficient (Wildman–Crippen LogP) is 2.42. The van der Waals surface area contributed by atoms with Crippen molar-refractivity contribution in [2.45, 2.75) is 43.3 Å². The lowest BCUT2D eigenvalue weighted by Gasteiger charge is -2.70. The molecule has 1 aliphatic carbocycles. The third-order valence-electron chi connectivity index (χ3n) is 6.78. The smallest absolute Gasteiger partial charge is 0.222 e. The van der Waals surface area contributed by atoms with Crippen LogP contribution in [0, 0.1) is 5.92 Å². The second-order valence-corrected chi connectivity index (χ2v) is 8.59. The number of hydrogen-bond acceptors (Lipinski definition) is 4. The second kappa shape index (κ2) is 6.98. The van der Waals surface area contributed by atoms with E-state index in [1.165, 1.54) is 18.4 Å². The maximum atomic E-state index is 12.6. The molecule has 3 fully saturated rings. The molecule has 1 amide bonds. The lowest BCUT2D eigenvalue weighted by molar-refractivity contribution is -0.200. The zero-order valence-electron chi connectivity index (χ0n) is 16.1. The molecule has 2 aromatic rings. The molecule has 5 rings (SSSR count). The highest BCUT2D eigenvalue weighted by Crippen LogP contribution is 2.54. The van der Waals surface area contributed by atoms with Crippen LogP contribution in [0.4, 0.5) is 0 Å². The van der Waals surface area contributed by atoms with E-state index in [-0.39, 0.29) is 24.1 Å². The van der Waals surface area contributed by atoms with E-state index in [1.54, 1.807) is 0 Å². The van der Waals surface area contributed by atoms with Crippen LogP contribution in [0.1, 0.15) is 36.4 Å². The molecule has 2 atom stereocenters. The fourth-order valence-electron chi connectivity index (χ4n) is 5.17. The van der Waals surface area contributed by atoms with Crippen LogP contribution < -0.4 is 0 Å². The summed E-state index contributed by atoms with van der Waals surface area (Å²) in [5.41, 5.74) is 2.17.